The normalized spacial score (nSPS) is 11.0. The van der Waals surface area contributed by atoms with Gasteiger partial charge >= 0.3 is 0 Å². The van der Waals surface area contributed by atoms with Gasteiger partial charge in [-0.3, -0.25) is 10.1 Å². The van der Waals surface area contributed by atoms with E-state index in [0.717, 1.165) is 33.8 Å². The molecule has 0 bridgehead atoms. The first kappa shape index (κ1) is 20.6. The molecular formula is C25H21FN6O. The van der Waals surface area contributed by atoms with Crippen LogP contribution in [0, 0.1) is 12.7 Å². The second-order valence-corrected chi connectivity index (χ2v) is 7.69. The highest BCUT2D eigenvalue weighted by molar-refractivity contribution is 5.79. The summed E-state index contributed by atoms with van der Waals surface area (Å²) in [5.74, 6) is -0.233. The van der Waals surface area contributed by atoms with E-state index >= 15 is 0 Å². The molecule has 0 aliphatic carbocycles. The van der Waals surface area contributed by atoms with Crippen molar-refractivity contribution in [3.05, 3.63) is 90.3 Å². The van der Waals surface area contributed by atoms with Crippen LogP contribution < -0.4 is 4.74 Å². The molecule has 5 rings (SSSR count). The molecule has 0 saturated heterocycles. The maximum absolute atomic E-state index is 14.5. The standard InChI is InChI=1S/C25H21FN6O/c1-16-23(30-31-29-16)18-10-11-27-21(12-18)24-25(32(2)15-28-24)19-8-9-20(26)22(13-19)33-14-17-6-4-3-5-7-17/h3-13,15H,14H2,1-2H3,(H,29,30,31). The zero-order chi connectivity index (χ0) is 22.8. The number of pyridine rings is 1. The van der Waals surface area contributed by atoms with Crippen LogP contribution in [-0.4, -0.2) is 29.9 Å². The molecule has 0 amide bonds. The summed E-state index contributed by atoms with van der Waals surface area (Å²) in [4.78, 5) is 9.10. The molecular weight excluding hydrogens is 419 g/mol. The minimum atomic E-state index is -0.417. The Labute approximate surface area is 189 Å². The van der Waals surface area contributed by atoms with E-state index in [9.17, 15) is 4.39 Å². The van der Waals surface area contributed by atoms with Crippen molar-refractivity contribution in [3.8, 4) is 39.7 Å². The van der Waals surface area contributed by atoms with E-state index in [2.05, 4.69) is 25.4 Å². The molecule has 0 aliphatic heterocycles. The SMILES string of the molecule is Cc1[nH]nnc1-c1ccnc(-c2ncn(C)c2-c2ccc(F)c(OCc3ccccc3)c2)c1. The molecule has 8 heteroatoms. The minimum Gasteiger partial charge on any atom is -0.486 e. The van der Waals surface area contributed by atoms with Gasteiger partial charge in [0.25, 0.3) is 0 Å². The van der Waals surface area contributed by atoms with Crippen LogP contribution in [-0.2, 0) is 13.7 Å². The molecule has 0 saturated carbocycles. The molecule has 3 heterocycles. The van der Waals surface area contributed by atoms with Crippen molar-refractivity contribution in [2.45, 2.75) is 13.5 Å². The number of benzene rings is 2. The Balaban J connectivity index is 1.51. The zero-order valence-electron chi connectivity index (χ0n) is 18.2. The monoisotopic (exact) mass is 440 g/mol. The Kier molecular flexibility index (Phi) is 5.40. The molecule has 2 aromatic carbocycles. The molecule has 0 radical (unpaired) electrons. The minimum absolute atomic E-state index is 0.184. The van der Waals surface area contributed by atoms with Crippen LogP contribution >= 0.6 is 0 Å². The van der Waals surface area contributed by atoms with Gasteiger partial charge in [0.1, 0.15) is 18.0 Å². The Morgan fingerprint density at radius 1 is 0.970 bits per heavy atom. The molecule has 0 atom stereocenters. The first-order valence-electron chi connectivity index (χ1n) is 10.4. The van der Waals surface area contributed by atoms with Gasteiger partial charge in [0.15, 0.2) is 11.6 Å². The van der Waals surface area contributed by atoms with Gasteiger partial charge in [-0.15, -0.1) is 5.10 Å². The highest BCUT2D eigenvalue weighted by Gasteiger charge is 2.18. The lowest BCUT2D eigenvalue weighted by Crippen LogP contribution is -1.99. The first-order valence-corrected chi connectivity index (χ1v) is 10.4. The van der Waals surface area contributed by atoms with E-state index in [0.29, 0.717) is 11.4 Å². The van der Waals surface area contributed by atoms with E-state index in [1.54, 1.807) is 24.7 Å². The third-order valence-corrected chi connectivity index (χ3v) is 5.38. The molecule has 0 aliphatic rings. The molecule has 3 aromatic heterocycles. The number of halogens is 1. The van der Waals surface area contributed by atoms with Crippen molar-refractivity contribution in [1.29, 1.82) is 0 Å². The third-order valence-electron chi connectivity index (χ3n) is 5.38. The van der Waals surface area contributed by atoms with Crippen molar-refractivity contribution >= 4 is 0 Å². The summed E-state index contributed by atoms with van der Waals surface area (Å²) in [5, 5.41) is 10.9. The van der Waals surface area contributed by atoms with Crippen LogP contribution in [0.15, 0.2) is 73.2 Å². The fourth-order valence-corrected chi connectivity index (χ4v) is 3.71. The summed E-state index contributed by atoms with van der Waals surface area (Å²) >= 11 is 0. The predicted molar refractivity (Wildman–Crippen MR) is 123 cm³/mol. The number of aryl methyl sites for hydroxylation is 2. The van der Waals surface area contributed by atoms with Crippen LogP contribution in [0.4, 0.5) is 4.39 Å². The predicted octanol–water partition coefficient (Wildman–Crippen LogP) is 4.96. The van der Waals surface area contributed by atoms with Crippen LogP contribution in [0.25, 0.3) is 33.9 Å². The Bertz CT molecular complexity index is 1410. The molecule has 1 N–H and O–H groups in total. The highest BCUT2D eigenvalue weighted by atomic mass is 19.1. The summed E-state index contributed by atoms with van der Waals surface area (Å²) in [5.41, 5.74) is 6.42. The first-order chi connectivity index (χ1) is 16.1. The quantitative estimate of drug-likeness (QED) is 0.404. The summed E-state index contributed by atoms with van der Waals surface area (Å²) in [6.45, 7) is 2.19. The van der Waals surface area contributed by atoms with E-state index in [-0.39, 0.29) is 12.4 Å². The molecule has 0 unspecified atom stereocenters. The van der Waals surface area contributed by atoms with E-state index in [1.807, 2.05) is 61.0 Å². The van der Waals surface area contributed by atoms with Crippen molar-refractivity contribution in [1.82, 2.24) is 29.9 Å². The van der Waals surface area contributed by atoms with Crippen molar-refractivity contribution < 1.29 is 9.13 Å². The van der Waals surface area contributed by atoms with Crippen LogP contribution in [0.1, 0.15) is 11.3 Å². The molecule has 0 fully saturated rings. The fraction of sp³-hybridized carbons (Fsp3) is 0.120. The van der Waals surface area contributed by atoms with Gasteiger partial charge < -0.3 is 9.30 Å². The number of rotatable bonds is 6. The van der Waals surface area contributed by atoms with E-state index < -0.39 is 5.82 Å². The lowest BCUT2D eigenvalue weighted by Gasteiger charge is -2.11. The largest absolute Gasteiger partial charge is 0.486 e. The number of nitrogens with one attached hydrogen (secondary N) is 1. The van der Waals surface area contributed by atoms with Gasteiger partial charge in [-0.05, 0) is 42.8 Å². The third kappa shape index (κ3) is 4.10. The molecule has 33 heavy (non-hydrogen) atoms. The lowest BCUT2D eigenvalue weighted by atomic mass is 10.1. The van der Waals surface area contributed by atoms with E-state index in [4.69, 9.17) is 4.74 Å². The summed E-state index contributed by atoms with van der Waals surface area (Å²) in [7, 11) is 1.89. The van der Waals surface area contributed by atoms with Crippen molar-refractivity contribution in [2.24, 2.45) is 7.05 Å². The van der Waals surface area contributed by atoms with Gasteiger partial charge in [0, 0.05) is 24.4 Å². The Morgan fingerprint density at radius 3 is 2.61 bits per heavy atom. The zero-order valence-corrected chi connectivity index (χ0v) is 18.2. The van der Waals surface area contributed by atoms with Gasteiger partial charge in [0.2, 0.25) is 0 Å². The number of aromatic nitrogens is 6. The van der Waals surface area contributed by atoms with Crippen LogP contribution in [0.5, 0.6) is 5.75 Å². The highest BCUT2D eigenvalue weighted by Crippen LogP contribution is 2.34. The maximum Gasteiger partial charge on any atom is 0.165 e. The summed E-state index contributed by atoms with van der Waals surface area (Å²) in [6.07, 6.45) is 3.44. The second-order valence-electron chi connectivity index (χ2n) is 7.69. The number of imidazole rings is 1. The number of H-pyrrole nitrogens is 1. The topological polar surface area (TPSA) is 81.5 Å². The van der Waals surface area contributed by atoms with Crippen molar-refractivity contribution in [3.63, 3.8) is 0 Å². The molecule has 0 spiro atoms. The van der Waals surface area contributed by atoms with Crippen LogP contribution in [0.3, 0.4) is 0 Å². The fourth-order valence-electron chi connectivity index (χ4n) is 3.71. The lowest BCUT2D eigenvalue weighted by molar-refractivity contribution is 0.290. The second kappa shape index (κ2) is 8.66. The Hall–Kier alpha value is -4.33. The van der Waals surface area contributed by atoms with E-state index in [1.165, 1.54) is 6.07 Å². The van der Waals surface area contributed by atoms with Crippen LogP contribution in [0.2, 0.25) is 0 Å². The number of hydrogen-bond donors (Lipinski definition) is 1. The molecule has 164 valence electrons. The molecule has 7 nitrogen and oxygen atoms in total. The number of nitrogens with zero attached hydrogens (tertiary/aromatic N) is 5. The molecule has 5 aromatic rings. The number of ether oxygens (including phenoxy) is 1. The van der Waals surface area contributed by atoms with Gasteiger partial charge in [-0.25, -0.2) is 9.37 Å². The Morgan fingerprint density at radius 2 is 1.82 bits per heavy atom. The smallest absolute Gasteiger partial charge is 0.165 e. The maximum atomic E-state index is 14.5. The van der Waals surface area contributed by atoms with Crippen molar-refractivity contribution in [2.75, 3.05) is 0 Å². The van der Waals surface area contributed by atoms with Gasteiger partial charge in [0.05, 0.1) is 23.4 Å². The average Bonchev–Trinajstić information content (AvgIpc) is 3.45. The van der Waals surface area contributed by atoms with Gasteiger partial charge in [-0.2, -0.15) is 0 Å². The number of hydrogen-bond acceptors (Lipinski definition) is 5. The number of aromatic amines is 1. The summed E-state index contributed by atoms with van der Waals surface area (Å²) < 4.78 is 22.2. The average molecular weight is 440 g/mol. The van der Waals surface area contributed by atoms with Gasteiger partial charge in [-0.1, -0.05) is 35.5 Å². The summed E-state index contributed by atoms with van der Waals surface area (Å²) in [6, 6.07) is 18.3.